The van der Waals surface area contributed by atoms with Crippen LogP contribution in [0.15, 0.2) is 73.1 Å². The van der Waals surface area contributed by atoms with Gasteiger partial charge in [-0.2, -0.15) is 13.2 Å². The van der Waals surface area contributed by atoms with E-state index in [1.807, 2.05) is 36.4 Å². The molecule has 0 saturated carbocycles. The predicted octanol–water partition coefficient (Wildman–Crippen LogP) is 6.04. The van der Waals surface area contributed by atoms with Gasteiger partial charge in [0.05, 0.1) is 5.56 Å². The first kappa shape index (κ1) is 21.6. The van der Waals surface area contributed by atoms with Crippen LogP contribution < -0.4 is 5.32 Å². The highest BCUT2D eigenvalue weighted by Crippen LogP contribution is 2.44. The van der Waals surface area contributed by atoms with Crippen molar-refractivity contribution in [2.45, 2.75) is 18.5 Å². The molecule has 164 valence electrons. The summed E-state index contributed by atoms with van der Waals surface area (Å²) in [6.45, 7) is 0.453. The molecule has 1 aliphatic carbocycles. The largest absolute Gasteiger partial charge is 0.449 e. The molecule has 2 aromatic carbocycles. The maximum atomic E-state index is 13.0. The topological polar surface area (TPSA) is 51.2 Å². The number of pyridine rings is 1. The van der Waals surface area contributed by atoms with Gasteiger partial charge in [-0.15, -0.1) is 0 Å². The van der Waals surface area contributed by atoms with Crippen LogP contribution in [0.25, 0.3) is 17.2 Å². The van der Waals surface area contributed by atoms with E-state index >= 15 is 0 Å². The summed E-state index contributed by atoms with van der Waals surface area (Å²) in [7, 11) is 0. The van der Waals surface area contributed by atoms with Gasteiger partial charge < -0.3 is 10.1 Å². The average molecular weight is 438 g/mol. The van der Waals surface area contributed by atoms with E-state index in [4.69, 9.17) is 4.74 Å². The van der Waals surface area contributed by atoms with Crippen LogP contribution in [0.3, 0.4) is 0 Å². The molecule has 1 aliphatic rings. The maximum Gasteiger partial charge on any atom is 0.417 e. The minimum Gasteiger partial charge on any atom is -0.449 e. The van der Waals surface area contributed by atoms with Crippen molar-refractivity contribution in [1.82, 2.24) is 10.3 Å². The molecule has 7 heteroatoms. The number of hydrogen-bond acceptors (Lipinski definition) is 3. The van der Waals surface area contributed by atoms with Crippen molar-refractivity contribution < 1.29 is 22.7 Å². The monoisotopic (exact) mass is 438 g/mol. The molecule has 1 aromatic heterocycles. The Morgan fingerprint density at radius 1 is 1.03 bits per heavy atom. The minimum absolute atomic E-state index is 0.0128. The first-order valence-corrected chi connectivity index (χ1v) is 10.2. The number of fused-ring (bicyclic) bond motifs is 3. The Morgan fingerprint density at radius 2 is 1.69 bits per heavy atom. The van der Waals surface area contributed by atoms with Crippen molar-refractivity contribution >= 4 is 12.2 Å². The molecular formula is C25H21F3N2O2. The highest BCUT2D eigenvalue weighted by Gasteiger charge is 2.32. The Balaban J connectivity index is 1.29. The van der Waals surface area contributed by atoms with Crippen molar-refractivity contribution in [2.24, 2.45) is 0 Å². The Hall–Kier alpha value is -3.61. The zero-order valence-electron chi connectivity index (χ0n) is 17.1. The van der Waals surface area contributed by atoms with Gasteiger partial charge in [-0.25, -0.2) is 4.79 Å². The van der Waals surface area contributed by atoms with Gasteiger partial charge in [-0.05, 0) is 34.7 Å². The molecule has 0 unspecified atom stereocenters. The molecule has 0 atom stereocenters. The summed E-state index contributed by atoms with van der Waals surface area (Å²) in [5, 5.41) is 2.64. The molecule has 4 nitrogen and oxygen atoms in total. The summed E-state index contributed by atoms with van der Waals surface area (Å²) in [6.07, 6.45) is 0.554. The average Bonchev–Trinajstić information content (AvgIpc) is 3.11. The number of rotatable bonds is 6. The Labute approximate surface area is 183 Å². The zero-order valence-corrected chi connectivity index (χ0v) is 17.1. The number of carbonyl (C=O) groups is 1. The first-order chi connectivity index (χ1) is 15.4. The normalized spacial score (nSPS) is 13.1. The quantitative estimate of drug-likeness (QED) is 0.477. The van der Waals surface area contributed by atoms with E-state index in [0.717, 1.165) is 40.7 Å². The van der Waals surface area contributed by atoms with Crippen LogP contribution in [0.5, 0.6) is 0 Å². The van der Waals surface area contributed by atoms with E-state index in [0.29, 0.717) is 6.42 Å². The van der Waals surface area contributed by atoms with E-state index in [9.17, 15) is 18.0 Å². The lowest BCUT2D eigenvalue weighted by molar-refractivity contribution is -0.137. The van der Waals surface area contributed by atoms with E-state index in [1.54, 1.807) is 6.08 Å². The summed E-state index contributed by atoms with van der Waals surface area (Å²) >= 11 is 0. The van der Waals surface area contributed by atoms with Crippen LogP contribution in [-0.4, -0.2) is 24.2 Å². The lowest BCUT2D eigenvalue weighted by Crippen LogP contribution is -2.26. The van der Waals surface area contributed by atoms with E-state index in [-0.39, 0.29) is 24.6 Å². The van der Waals surface area contributed by atoms with Gasteiger partial charge in [0.15, 0.2) is 0 Å². The van der Waals surface area contributed by atoms with Crippen LogP contribution >= 0.6 is 0 Å². The van der Waals surface area contributed by atoms with Gasteiger partial charge >= 0.3 is 12.3 Å². The SMILES string of the molecule is O=C(NCCC=Cc1cnccc1C(F)(F)F)OCC1c2ccccc2-c2ccccc21. The standard InChI is InChI=1S/C25H21F3N2O2/c26-25(27,28)23-12-14-29-15-17(23)7-5-6-13-30-24(31)32-16-22-20-10-3-1-8-18(20)19-9-2-4-11-21(19)22/h1-5,7-12,14-15,22H,6,13,16H2,(H,30,31). The number of benzene rings is 2. The smallest absolute Gasteiger partial charge is 0.417 e. The van der Waals surface area contributed by atoms with Crippen molar-refractivity contribution in [1.29, 1.82) is 0 Å². The first-order valence-electron chi connectivity index (χ1n) is 10.2. The molecule has 4 rings (SSSR count). The van der Waals surface area contributed by atoms with Crippen LogP contribution in [0.4, 0.5) is 18.0 Å². The number of amides is 1. The van der Waals surface area contributed by atoms with Gasteiger partial charge in [0.25, 0.3) is 0 Å². The number of alkyl carbamates (subject to hydrolysis) is 1. The molecule has 32 heavy (non-hydrogen) atoms. The third kappa shape index (κ3) is 4.66. The van der Waals surface area contributed by atoms with Gasteiger partial charge in [0, 0.05) is 30.4 Å². The Bertz CT molecular complexity index is 1100. The number of carbonyl (C=O) groups excluding carboxylic acids is 1. The summed E-state index contributed by atoms with van der Waals surface area (Å²) < 4.78 is 44.4. The molecule has 1 amide bonds. The highest BCUT2D eigenvalue weighted by molar-refractivity contribution is 5.79. The second-order valence-corrected chi connectivity index (χ2v) is 7.40. The molecule has 1 N–H and O–H groups in total. The molecular weight excluding hydrogens is 417 g/mol. The fourth-order valence-electron chi connectivity index (χ4n) is 3.91. The summed E-state index contributed by atoms with van der Waals surface area (Å²) in [6, 6.07) is 17.1. The lowest BCUT2D eigenvalue weighted by atomic mass is 9.98. The van der Waals surface area contributed by atoms with Gasteiger partial charge in [-0.1, -0.05) is 60.7 Å². The Morgan fingerprint density at radius 3 is 2.34 bits per heavy atom. The molecule has 0 bridgehead atoms. The van der Waals surface area contributed by atoms with Crippen molar-refractivity contribution in [3.8, 4) is 11.1 Å². The van der Waals surface area contributed by atoms with Crippen LogP contribution in [0, 0.1) is 0 Å². The number of ether oxygens (including phenoxy) is 1. The second-order valence-electron chi connectivity index (χ2n) is 7.40. The molecule has 3 aromatic rings. The molecule has 0 saturated heterocycles. The number of hydrogen-bond donors (Lipinski definition) is 1. The summed E-state index contributed by atoms with van der Waals surface area (Å²) in [5.41, 5.74) is 3.80. The van der Waals surface area contributed by atoms with Crippen molar-refractivity contribution in [2.75, 3.05) is 13.2 Å². The number of aromatic nitrogens is 1. The molecule has 0 spiro atoms. The fraction of sp³-hybridized carbons (Fsp3) is 0.200. The molecule has 0 aliphatic heterocycles. The van der Waals surface area contributed by atoms with Crippen molar-refractivity contribution in [3.63, 3.8) is 0 Å². The maximum absolute atomic E-state index is 13.0. The highest BCUT2D eigenvalue weighted by atomic mass is 19.4. The van der Waals surface area contributed by atoms with Crippen LogP contribution in [-0.2, 0) is 10.9 Å². The molecule has 0 fully saturated rings. The third-order valence-corrected chi connectivity index (χ3v) is 5.38. The second kappa shape index (κ2) is 9.26. The number of nitrogens with zero attached hydrogens (tertiary/aromatic N) is 1. The molecule has 0 radical (unpaired) electrons. The Kier molecular flexibility index (Phi) is 6.25. The van der Waals surface area contributed by atoms with Crippen LogP contribution in [0.1, 0.15) is 34.6 Å². The number of alkyl halides is 3. The predicted molar refractivity (Wildman–Crippen MR) is 116 cm³/mol. The van der Waals surface area contributed by atoms with Gasteiger partial charge in [0.1, 0.15) is 6.61 Å². The summed E-state index contributed by atoms with van der Waals surface area (Å²) in [4.78, 5) is 15.9. The van der Waals surface area contributed by atoms with Crippen molar-refractivity contribution in [3.05, 3.63) is 95.3 Å². The molecule has 1 heterocycles. The van der Waals surface area contributed by atoms with E-state index in [2.05, 4.69) is 22.4 Å². The van der Waals surface area contributed by atoms with E-state index < -0.39 is 17.8 Å². The lowest BCUT2D eigenvalue weighted by Gasteiger charge is -2.14. The summed E-state index contributed by atoms with van der Waals surface area (Å²) in [5.74, 6) is -0.0283. The fourth-order valence-corrected chi connectivity index (χ4v) is 3.91. The van der Waals surface area contributed by atoms with Gasteiger partial charge in [0.2, 0.25) is 0 Å². The minimum atomic E-state index is -4.44. The van der Waals surface area contributed by atoms with Gasteiger partial charge in [-0.3, -0.25) is 4.98 Å². The zero-order chi connectivity index (χ0) is 22.6. The van der Waals surface area contributed by atoms with E-state index in [1.165, 1.54) is 6.08 Å². The third-order valence-electron chi connectivity index (χ3n) is 5.38. The van der Waals surface area contributed by atoms with Crippen LogP contribution in [0.2, 0.25) is 0 Å². The number of halogens is 3. The number of nitrogens with one attached hydrogen (secondary N) is 1.